The van der Waals surface area contributed by atoms with Crippen LogP contribution >= 0.6 is 0 Å². The molecule has 0 aliphatic rings. The predicted molar refractivity (Wildman–Crippen MR) is 92.4 cm³/mol. The first-order valence-corrected chi connectivity index (χ1v) is 7.99. The van der Waals surface area contributed by atoms with Crippen molar-refractivity contribution in [3.63, 3.8) is 0 Å². The molecule has 0 saturated heterocycles. The van der Waals surface area contributed by atoms with Crippen molar-refractivity contribution in [1.82, 2.24) is 0 Å². The van der Waals surface area contributed by atoms with Gasteiger partial charge in [-0.3, -0.25) is 4.79 Å². The lowest BCUT2D eigenvalue weighted by molar-refractivity contribution is -0.149. The molecule has 0 heterocycles. The highest BCUT2D eigenvalue weighted by Gasteiger charge is 2.18. The summed E-state index contributed by atoms with van der Waals surface area (Å²) in [6.07, 6.45) is 0.0383. The van der Waals surface area contributed by atoms with E-state index < -0.39 is 12.1 Å². The minimum absolute atomic E-state index is 0.262. The summed E-state index contributed by atoms with van der Waals surface area (Å²) in [5, 5.41) is 8.75. The molecule has 0 unspecified atom stereocenters. The number of nitriles is 1. The highest BCUT2D eigenvalue weighted by Crippen LogP contribution is 2.14. The van der Waals surface area contributed by atoms with Crippen LogP contribution in [-0.4, -0.2) is 24.5 Å². The summed E-state index contributed by atoms with van der Waals surface area (Å²) in [7, 11) is 0. The van der Waals surface area contributed by atoms with Gasteiger partial charge in [0.05, 0.1) is 11.6 Å². The summed E-state index contributed by atoms with van der Waals surface area (Å²) in [6.45, 7) is 3.25. The van der Waals surface area contributed by atoms with Crippen molar-refractivity contribution in [1.29, 1.82) is 5.26 Å². The summed E-state index contributed by atoms with van der Waals surface area (Å²) >= 11 is 0. The molecular formula is C20H19NO4. The fourth-order valence-corrected chi connectivity index (χ4v) is 2.12. The third-order valence-electron chi connectivity index (χ3n) is 3.66. The Bertz CT molecular complexity index is 773. The second kappa shape index (κ2) is 8.65. The van der Waals surface area contributed by atoms with Crippen LogP contribution < -0.4 is 4.74 Å². The predicted octanol–water partition coefficient (Wildman–Crippen LogP) is 3.31. The van der Waals surface area contributed by atoms with Crippen LogP contribution in [0, 0.1) is 11.3 Å². The van der Waals surface area contributed by atoms with Crippen LogP contribution in [0.2, 0.25) is 0 Å². The monoisotopic (exact) mass is 337 g/mol. The van der Waals surface area contributed by atoms with Crippen molar-refractivity contribution < 1.29 is 19.1 Å². The Morgan fingerprint density at radius 3 is 2.28 bits per heavy atom. The Morgan fingerprint density at radius 1 is 1.08 bits per heavy atom. The lowest BCUT2D eigenvalue weighted by Gasteiger charge is -2.13. The minimum atomic E-state index is -0.858. The van der Waals surface area contributed by atoms with Gasteiger partial charge >= 0.3 is 5.97 Å². The molecular weight excluding hydrogens is 318 g/mol. The number of aryl methyl sites for hydroxylation is 1. The standard InChI is InChI=1S/C20H19NO4/c1-3-15-4-8-17(9-5-15)19(22)13-24-20(23)14(2)25-18-10-6-16(12-21)7-11-18/h4-11,14H,3,13H2,1-2H3/t14-/m0/s1. The smallest absolute Gasteiger partial charge is 0.347 e. The summed E-state index contributed by atoms with van der Waals surface area (Å²) in [6, 6.07) is 15.6. The third kappa shape index (κ3) is 5.18. The lowest BCUT2D eigenvalue weighted by Crippen LogP contribution is -2.28. The number of nitrogens with zero attached hydrogens (tertiary/aromatic N) is 1. The van der Waals surface area contributed by atoms with Crippen LogP contribution in [0.4, 0.5) is 0 Å². The molecule has 0 radical (unpaired) electrons. The van der Waals surface area contributed by atoms with Gasteiger partial charge in [0.25, 0.3) is 0 Å². The topological polar surface area (TPSA) is 76.4 Å². The quantitative estimate of drug-likeness (QED) is 0.572. The molecule has 0 amide bonds. The highest BCUT2D eigenvalue weighted by atomic mass is 16.6. The van der Waals surface area contributed by atoms with E-state index >= 15 is 0 Å². The van der Waals surface area contributed by atoms with E-state index in [1.165, 1.54) is 0 Å². The maximum Gasteiger partial charge on any atom is 0.347 e. The molecule has 1 atom stereocenters. The van der Waals surface area contributed by atoms with Crippen LogP contribution in [0.25, 0.3) is 0 Å². The largest absolute Gasteiger partial charge is 0.479 e. The second-order valence-corrected chi connectivity index (χ2v) is 5.48. The molecule has 0 aliphatic heterocycles. The first kappa shape index (κ1) is 18.2. The van der Waals surface area contributed by atoms with Gasteiger partial charge in [-0.2, -0.15) is 5.26 Å². The zero-order valence-corrected chi connectivity index (χ0v) is 14.2. The molecule has 0 aliphatic carbocycles. The number of benzene rings is 2. The first-order valence-electron chi connectivity index (χ1n) is 7.99. The molecule has 0 spiro atoms. The number of hydrogen-bond acceptors (Lipinski definition) is 5. The van der Waals surface area contributed by atoms with Crippen molar-refractivity contribution in [3.05, 3.63) is 65.2 Å². The van der Waals surface area contributed by atoms with Gasteiger partial charge in [0.15, 0.2) is 18.5 Å². The Kier molecular flexibility index (Phi) is 6.30. The van der Waals surface area contributed by atoms with Gasteiger partial charge in [-0.05, 0) is 43.2 Å². The zero-order chi connectivity index (χ0) is 18.2. The molecule has 0 fully saturated rings. The average Bonchev–Trinajstić information content (AvgIpc) is 2.66. The number of ether oxygens (including phenoxy) is 2. The van der Waals surface area contributed by atoms with E-state index in [-0.39, 0.29) is 12.4 Å². The van der Waals surface area contributed by atoms with E-state index in [2.05, 4.69) is 0 Å². The van der Waals surface area contributed by atoms with Gasteiger partial charge in [0.2, 0.25) is 0 Å². The zero-order valence-electron chi connectivity index (χ0n) is 14.2. The van der Waals surface area contributed by atoms with Crippen molar-refractivity contribution >= 4 is 11.8 Å². The Labute approximate surface area is 146 Å². The molecule has 0 saturated carbocycles. The fraction of sp³-hybridized carbons (Fsp3) is 0.250. The van der Waals surface area contributed by atoms with Crippen molar-refractivity contribution in [3.8, 4) is 11.8 Å². The van der Waals surface area contributed by atoms with Crippen LogP contribution in [0.5, 0.6) is 5.75 Å². The minimum Gasteiger partial charge on any atom is -0.479 e. The number of hydrogen-bond donors (Lipinski definition) is 0. The van der Waals surface area contributed by atoms with Crippen LogP contribution in [0.1, 0.15) is 35.3 Å². The molecule has 5 nitrogen and oxygen atoms in total. The maximum atomic E-state index is 12.1. The molecule has 2 aromatic rings. The summed E-state index contributed by atoms with van der Waals surface area (Å²) < 4.78 is 10.5. The summed E-state index contributed by atoms with van der Waals surface area (Å²) in [5.74, 6) is -0.436. The number of ketones is 1. The Balaban J connectivity index is 1.85. The number of rotatable bonds is 7. The molecule has 25 heavy (non-hydrogen) atoms. The van der Waals surface area contributed by atoms with Crippen molar-refractivity contribution in [2.24, 2.45) is 0 Å². The average molecular weight is 337 g/mol. The number of esters is 1. The van der Waals surface area contributed by atoms with Crippen LogP contribution in [-0.2, 0) is 16.0 Å². The van der Waals surface area contributed by atoms with E-state index in [1.807, 2.05) is 25.1 Å². The summed E-state index contributed by atoms with van der Waals surface area (Å²) in [5.41, 5.74) is 2.14. The number of Topliss-reactive ketones (excluding diaryl/α,β-unsaturated/α-hetero) is 1. The summed E-state index contributed by atoms with van der Waals surface area (Å²) in [4.78, 5) is 24.0. The molecule has 0 aromatic heterocycles. The van der Waals surface area contributed by atoms with Gasteiger partial charge in [0, 0.05) is 5.56 Å². The maximum absolute atomic E-state index is 12.1. The van der Waals surface area contributed by atoms with Crippen molar-refractivity contribution in [2.75, 3.05) is 6.61 Å². The van der Waals surface area contributed by atoms with Gasteiger partial charge in [0.1, 0.15) is 5.75 Å². The van der Waals surface area contributed by atoms with Gasteiger partial charge in [-0.25, -0.2) is 4.79 Å². The van der Waals surface area contributed by atoms with E-state index in [4.69, 9.17) is 14.7 Å². The SMILES string of the molecule is CCc1ccc(C(=O)COC(=O)[C@H](C)Oc2ccc(C#N)cc2)cc1. The van der Waals surface area contributed by atoms with E-state index in [9.17, 15) is 9.59 Å². The van der Waals surface area contributed by atoms with E-state index in [0.29, 0.717) is 16.9 Å². The van der Waals surface area contributed by atoms with Crippen molar-refractivity contribution in [2.45, 2.75) is 26.4 Å². The van der Waals surface area contributed by atoms with Gasteiger partial charge < -0.3 is 9.47 Å². The number of carbonyl (C=O) groups is 2. The molecule has 0 bridgehead atoms. The van der Waals surface area contributed by atoms with Gasteiger partial charge in [-0.15, -0.1) is 0 Å². The van der Waals surface area contributed by atoms with Gasteiger partial charge in [-0.1, -0.05) is 31.2 Å². The van der Waals surface area contributed by atoms with E-state index in [0.717, 1.165) is 12.0 Å². The normalized spacial score (nSPS) is 11.2. The fourth-order valence-electron chi connectivity index (χ4n) is 2.12. The lowest BCUT2D eigenvalue weighted by atomic mass is 10.1. The highest BCUT2D eigenvalue weighted by molar-refractivity contribution is 5.98. The molecule has 0 N–H and O–H groups in total. The van der Waals surface area contributed by atoms with E-state index in [1.54, 1.807) is 43.3 Å². The first-order chi connectivity index (χ1) is 12.0. The Hall–Kier alpha value is -3.13. The molecule has 2 rings (SSSR count). The molecule has 5 heteroatoms. The molecule has 2 aromatic carbocycles. The van der Waals surface area contributed by atoms with Crippen LogP contribution in [0.3, 0.4) is 0 Å². The van der Waals surface area contributed by atoms with Crippen LogP contribution in [0.15, 0.2) is 48.5 Å². The third-order valence-corrected chi connectivity index (χ3v) is 3.66. The Morgan fingerprint density at radius 2 is 1.72 bits per heavy atom. The second-order valence-electron chi connectivity index (χ2n) is 5.48. The number of carbonyl (C=O) groups excluding carboxylic acids is 2. The molecule has 128 valence electrons.